The molecule has 0 fully saturated rings. The lowest BCUT2D eigenvalue weighted by atomic mass is 10.0. The Kier molecular flexibility index (Phi) is 20.5. The highest BCUT2D eigenvalue weighted by Crippen LogP contribution is 2.16. The minimum atomic E-state index is -0.333. The molecule has 32 heavy (non-hydrogen) atoms. The highest BCUT2D eigenvalue weighted by atomic mass is 16.7. The summed E-state index contributed by atoms with van der Waals surface area (Å²) in [5.74, 6) is 6.38. The van der Waals surface area contributed by atoms with Crippen molar-refractivity contribution in [3.63, 3.8) is 0 Å². The van der Waals surface area contributed by atoms with Crippen molar-refractivity contribution >= 4 is 0 Å². The summed E-state index contributed by atoms with van der Waals surface area (Å²) in [7, 11) is 8.22. The molecule has 3 unspecified atom stereocenters. The number of quaternary nitrogens is 1. The van der Waals surface area contributed by atoms with Gasteiger partial charge in [-0.3, -0.25) is 0 Å². The second-order valence-electron chi connectivity index (χ2n) is 9.79. The van der Waals surface area contributed by atoms with Gasteiger partial charge in [0.1, 0.15) is 6.54 Å². The Morgan fingerprint density at radius 3 is 2.09 bits per heavy atom. The van der Waals surface area contributed by atoms with Gasteiger partial charge in [0.25, 0.3) is 0 Å². The quantitative estimate of drug-likeness (QED) is 0.0946. The highest BCUT2D eigenvalue weighted by Gasteiger charge is 2.18. The van der Waals surface area contributed by atoms with Crippen molar-refractivity contribution in [3.05, 3.63) is 0 Å². The predicted molar refractivity (Wildman–Crippen MR) is 135 cm³/mol. The van der Waals surface area contributed by atoms with E-state index in [2.05, 4.69) is 46.8 Å². The second kappa shape index (κ2) is 20.9. The van der Waals surface area contributed by atoms with Crippen LogP contribution in [-0.4, -0.2) is 77.6 Å². The molecular weight excluding hydrogens is 402 g/mol. The summed E-state index contributed by atoms with van der Waals surface area (Å²) >= 11 is 0. The van der Waals surface area contributed by atoms with E-state index in [1.807, 2.05) is 6.92 Å². The maximum atomic E-state index is 6.30. The predicted octanol–water partition coefficient (Wildman–Crippen LogP) is 5.81. The average Bonchev–Trinajstić information content (AvgIpc) is 2.76. The third-order valence-corrected chi connectivity index (χ3v) is 5.51. The van der Waals surface area contributed by atoms with Crippen molar-refractivity contribution in [1.82, 2.24) is 0 Å². The lowest BCUT2D eigenvalue weighted by molar-refractivity contribution is -0.870. The maximum Gasteiger partial charge on any atom is 0.181 e. The van der Waals surface area contributed by atoms with E-state index in [1.165, 1.54) is 44.9 Å². The topological polar surface area (TPSA) is 36.9 Å². The van der Waals surface area contributed by atoms with Gasteiger partial charge in [-0.1, -0.05) is 52.4 Å². The van der Waals surface area contributed by atoms with Gasteiger partial charge in [0.2, 0.25) is 0 Å². The van der Waals surface area contributed by atoms with Crippen molar-refractivity contribution in [1.29, 1.82) is 0 Å². The van der Waals surface area contributed by atoms with E-state index in [0.29, 0.717) is 19.8 Å². The monoisotopic (exact) mass is 456 g/mol. The minimum absolute atomic E-state index is 0.0473. The van der Waals surface area contributed by atoms with E-state index < -0.39 is 0 Å². The number of methoxy groups -OCH3 is 1. The van der Waals surface area contributed by atoms with Crippen LogP contribution in [-0.2, 0) is 18.9 Å². The molecule has 0 aliphatic carbocycles. The summed E-state index contributed by atoms with van der Waals surface area (Å²) in [6.07, 6.45) is 13.1. The third-order valence-electron chi connectivity index (χ3n) is 5.51. The van der Waals surface area contributed by atoms with Gasteiger partial charge in [-0.05, 0) is 26.2 Å². The summed E-state index contributed by atoms with van der Waals surface area (Å²) < 4.78 is 24.4. The standard InChI is InChI=1S/C27H54NO4/c1-8-10-11-12-13-14-15-16-17-18-19-20-26(9-2)32-27(31-23-25(3)29-7)24-30-22-21-28(4,5)6/h25-27H,8-9,12-24H2,1-7H3/q+1. The van der Waals surface area contributed by atoms with Gasteiger partial charge >= 0.3 is 0 Å². The Morgan fingerprint density at radius 1 is 0.844 bits per heavy atom. The number of hydrogen-bond acceptors (Lipinski definition) is 4. The molecule has 0 aromatic rings. The molecule has 5 nitrogen and oxygen atoms in total. The van der Waals surface area contributed by atoms with Gasteiger partial charge in [-0.2, -0.15) is 0 Å². The van der Waals surface area contributed by atoms with Crippen molar-refractivity contribution < 1.29 is 23.4 Å². The van der Waals surface area contributed by atoms with Crippen molar-refractivity contribution in [2.45, 2.75) is 110 Å². The smallest absolute Gasteiger partial charge is 0.181 e. The first-order valence-corrected chi connectivity index (χ1v) is 13.0. The molecule has 0 aromatic heterocycles. The number of rotatable bonds is 21. The van der Waals surface area contributed by atoms with Crippen LogP contribution in [0.3, 0.4) is 0 Å². The van der Waals surface area contributed by atoms with Crippen molar-refractivity contribution in [2.24, 2.45) is 0 Å². The van der Waals surface area contributed by atoms with Crippen molar-refractivity contribution in [2.75, 3.05) is 54.6 Å². The van der Waals surface area contributed by atoms with Crippen molar-refractivity contribution in [3.8, 4) is 11.8 Å². The summed E-state index contributed by atoms with van der Waals surface area (Å²) in [5.41, 5.74) is 0. The fourth-order valence-electron chi connectivity index (χ4n) is 3.22. The van der Waals surface area contributed by atoms with Gasteiger partial charge in [-0.25, -0.2) is 0 Å². The normalized spacial score (nSPS) is 14.6. The Hall–Kier alpha value is -0.640. The van der Waals surface area contributed by atoms with Crippen LogP contribution in [0.4, 0.5) is 0 Å². The molecule has 5 heteroatoms. The highest BCUT2D eigenvalue weighted by molar-refractivity contribution is 4.97. The fraction of sp³-hybridized carbons (Fsp3) is 0.926. The Balaban J connectivity index is 4.13. The van der Waals surface area contributed by atoms with Crippen LogP contribution in [0.5, 0.6) is 0 Å². The zero-order valence-corrected chi connectivity index (χ0v) is 22.4. The number of ether oxygens (including phenoxy) is 4. The molecule has 0 aromatic carbocycles. The van der Waals surface area contributed by atoms with Crippen LogP contribution in [0.15, 0.2) is 0 Å². The fourth-order valence-corrected chi connectivity index (χ4v) is 3.22. The molecule has 0 aliphatic rings. The first kappa shape index (κ1) is 31.4. The Labute approximate surface area is 200 Å². The van der Waals surface area contributed by atoms with Gasteiger partial charge in [0.15, 0.2) is 6.29 Å². The molecule has 0 heterocycles. The molecule has 0 bridgehead atoms. The summed E-state index contributed by atoms with van der Waals surface area (Å²) in [6.45, 7) is 8.95. The first-order chi connectivity index (χ1) is 15.3. The largest absolute Gasteiger partial charge is 0.379 e. The summed E-state index contributed by atoms with van der Waals surface area (Å²) in [4.78, 5) is 0. The lowest BCUT2D eigenvalue weighted by Crippen LogP contribution is -2.38. The zero-order chi connectivity index (χ0) is 24.1. The maximum absolute atomic E-state index is 6.30. The Morgan fingerprint density at radius 2 is 1.50 bits per heavy atom. The van der Waals surface area contributed by atoms with Gasteiger partial charge in [0, 0.05) is 20.0 Å². The molecule has 0 spiro atoms. The van der Waals surface area contributed by atoms with E-state index in [4.69, 9.17) is 18.9 Å². The Bertz CT molecular complexity index is 467. The van der Waals surface area contributed by atoms with E-state index in [0.717, 1.165) is 36.7 Å². The van der Waals surface area contributed by atoms with E-state index in [9.17, 15) is 0 Å². The molecule has 0 aliphatic heterocycles. The molecule has 0 saturated heterocycles. The average molecular weight is 457 g/mol. The number of hydrogen-bond donors (Lipinski definition) is 0. The van der Waals surface area contributed by atoms with E-state index >= 15 is 0 Å². The number of likely N-dealkylation sites (N-methyl/N-ethyl adjacent to an activating group) is 1. The van der Waals surface area contributed by atoms with Crippen LogP contribution < -0.4 is 0 Å². The summed E-state index contributed by atoms with van der Waals surface area (Å²) in [5, 5.41) is 0. The number of unbranched alkanes of at least 4 members (excludes halogenated alkanes) is 7. The van der Waals surface area contributed by atoms with E-state index in [1.54, 1.807) is 7.11 Å². The summed E-state index contributed by atoms with van der Waals surface area (Å²) in [6, 6.07) is 0. The molecule has 0 saturated carbocycles. The molecule has 0 radical (unpaired) electrons. The molecule has 190 valence electrons. The molecule has 0 rings (SSSR count). The molecule has 0 N–H and O–H groups in total. The van der Waals surface area contributed by atoms with Crippen LogP contribution >= 0.6 is 0 Å². The van der Waals surface area contributed by atoms with Crippen LogP contribution in [0.1, 0.15) is 91.4 Å². The second-order valence-corrected chi connectivity index (χ2v) is 9.79. The molecular formula is C27H54NO4+. The lowest BCUT2D eigenvalue weighted by Gasteiger charge is -2.27. The van der Waals surface area contributed by atoms with E-state index in [-0.39, 0.29) is 18.5 Å². The number of nitrogens with zero attached hydrogens (tertiary/aromatic N) is 1. The van der Waals surface area contributed by atoms with Crippen LogP contribution in [0.2, 0.25) is 0 Å². The first-order valence-electron chi connectivity index (χ1n) is 13.0. The molecule has 3 atom stereocenters. The zero-order valence-electron chi connectivity index (χ0n) is 22.4. The van der Waals surface area contributed by atoms with Gasteiger partial charge in [0.05, 0.1) is 53.2 Å². The molecule has 0 amide bonds. The van der Waals surface area contributed by atoms with Gasteiger partial charge < -0.3 is 23.4 Å². The minimum Gasteiger partial charge on any atom is -0.379 e. The van der Waals surface area contributed by atoms with Crippen LogP contribution in [0, 0.1) is 11.8 Å². The van der Waals surface area contributed by atoms with Gasteiger partial charge in [-0.15, -0.1) is 11.8 Å². The SMILES string of the molecule is CCC#CCCCCCCCCCC(CC)OC(COCC[N+](C)(C)C)OCC(C)OC. The third kappa shape index (κ3) is 21.2. The van der Waals surface area contributed by atoms with Crippen LogP contribution in [0.25, 0.3) is 0 Å².